The van der Waals surface area contributed by atoms with E-state index in [1.165, 1.54) is 231 Å². The number of nitrogens with one attached hydrogen (secondary N) is 1. The first-order valence-corrected chi connectivity index (χ1v) is 32.4. The van der Waals surface area contributed by atoms with Gasteiger partial charge < -0.3 is 20.3 Å². The molecule has 6 heteroatoms. The Morgan fingerprint density at radius 1 is 0.384 bits per heavy atom. The maximum atomic E-state index is 12.5. The van der Waals surface area contributed by atoms with E-state index in [0.29, 0.717) is 19.4 Å². The maximum absolute atomic E-state index is 12.5. The molecular weight excluding hydrogens is 899 g/mol. The molecule has 0 saturated heterocycles. The molecule has 1 amide bonds. The second kappa shape index (κ2) is 62.4. The first kappa shape index (κ1) is 70.8. The number of hydrogen-bond acceptors (Lipinski definition) is 5. The van der Waals surface area contributed by atoms with Gasteiger partial charge in [0, 0.05) is 12.8 Å². The molecular formula is C67H125NO5. The molecule has 0 spiro atoms. The van der Waals surface area contributed by atoms with Crippen LogP contribution >= 0.6 is 0 Å². The van der Waals surface area contributed by atoms with Crippen LogP contribution in [-0.4, -0.2) is 47.4 Å². The highest BCUT2D eigenvalue weighted by Gasteiger charge is 2.18. The number of aliphatic hydroxyl groups is 2. The summed E-state index contributed by atoms with van der Waals surface area (Å²) in [6.07, 6.45) is 80.2. The third-order valence-corrected chi connectivity index (χ3v) is 14.8. The molecule has 0 aliphatic carbocycles. The lowest BCUT2D eigenvalue weighted by atomic mass is 10.0. The SMILES string of the molecule is CCCCCCC/C=C\CCCCCCCC(=O)OCCCCC/C=C\C/C=C\CCCCCCCCCC(=O)NC(CO)C(O)/C=C/CCCCCCCCCCCCCCCCCCCCCCCCC. The van der Waals surface area contributed by atoms with E-state index in [1.54, 1.807) is 6.08 Å². The molecule has 2 atom stereocenters. The van der Waals surface area contributed by atoms with E-state index in [9.17, 15) is 19.8 Å². The highest BCUT2D eigenvalue weighted by molar-refractivity contribution is 5.76. The van der Waals surface area contributed by atoms with E-state index in [1.807, 2.05) is 6.08 Å². The van der Waals surface area contributed by atoms with Crippen LogP contribution in [0.15, 0.2) is 48.6 Å². The van der Waals surface area contributed by atoms with Gasteiger partial charge in [-0.3, -0.25) is 9.59 Å². The average Bonchev–Trinajstić information content (AvgIpc) is 3.39. The normalized spacial score (nSPS) is 12.9. The third-order valence-electron chi connectivity index (χ3n) is 14.8. The number of hydrogen-bond donors (Lipinski definition) is 3. The minimum absolute atomic E-state index is 0.0248. The zero-order valence-electron chi connectivity index (χ0n) is 48.9. The number of allylic oxidation sites excluding steroid dienone is 7. The number of carbonyl (C=O) groups excluding carboxylic acids is 2. The van der Waals surface area contributed by atoms with E-state index in [0.717, 1.165) is 83.5 Å². The molecule has 0 aromatic carbocycles. The number of carbonyl (C=O) groups is 2. The minimum atomic E-state index is -0.858. The summed E-state index contributed by atoms with van der Waals surface area (Å²) in [5.41, 5.74) is 0. The van der Waals surface area contributed by atoms with Gasteiger partial charge in [0.25, 0.3) is 0 Å². The van der Waals surface area contributed by atoms with E-state index in [4.69, 9.17) is 4.74 Å². The molecule has 0 aromatic rings. The van der Waals surface area contributed by atoms with Gasteiger partial charge in [0.15, 0.2) is 0 Å². The van der Waals surface area contributed by atoms with Gasteiger partial charge in [-0.1, -0.05) is 281 Å². The Morgan fingerprint density at radius 3 is 1.05 bits per heavy atom. The third kappa shape index (κ3) is 58.9. The standard InChI is InChI=1S/C67H125NO5/c1-3-5-7-9-11-13-15-17-19-20-21-22-23-24-25-26-27-29-32-35-39-43-47-51-55-59-65(70)64(63-69)68-66(71)60-56-52-48-44-40-36-33-30-28-31-34-38-42-46-50-54-58-62-73-67(72)61-57-53-49-45-41-37-18-16-14-12-10-8-6-4-2/h16,18,28,31,38,42,55,59,64-65,69-70H,3-15,17,19-27,29-30,32-37,39-41,43-54,56-58,60-63H2,1-2H3,(H,68,71)/b18-16-,31-28-,42-38-,59-55+. The van der Waals surface area contributed by atoms with E-state index in [2.05, 4.69) is 55.6 Å². The van der Waals surface area contributed by atoms with Crippen molar-refractivity contribution in [1.82, 2.24) is 5.32 Å². The molecule has 2 unspecified atom stereocenters. The molecule has 0 bridgehead atoms. The predicted octanol–water partition coefficient (Wildman–Crippen LogP) is 20.5. The lowest BCUT2D eigenvalue weighted by molar-refractivity contribution is -0.143. The Bertz CT molecular complexity index is 1230. The Labute approximate surface area is 455 Å². The number of aliphatic hydroxyl groups excluding tert-OH is 2. The summed E-state index contributed by atoms with van der Waals surface area (Å²) in [6, 6.07) is -0.643. The first-order chi connectivity index (χ1) is 36.0. The van der Waals surface area contributed by atoms with Gasteiger partial charge in [0.05, 0.1) is 25.4 Å². The van der Waals surface area contributed by atoms with Gasteiger partial charge in [0.2, 0.25) is 5.91 Å². The quantitative estimate of drug-likeness (QED) is 0.0320. The van der Waals surface area contributed by atoms with Crippen molar-refractivity contribution in [1.29, 1.82) is 0 Å². The van der Waals surface area contributed by atoms with Crippen LogP contribution in [0.4, 0.5) is 0 Å². The van der Waals surface area contributed by atoms with Gasteiger partial charge in [-0.15, -0.1) is 0 Å². The second-order valence-electron chi connectivity index (χ2n) is 22.1. The summed E-state index contributed by atoms with van der Waals surface area (Å²) in [7, 11) is 0. The summed E-state index contributed by atoms with van der Waals surface area (Å²) in [5, 5.41) is 23.2. The fourth-order valence-corrected chi connectivity index (χ4v) is 9.84. The zero-order valence-corrected chi connectivity index (χ0v) is 48.9. The summed E-state index contributed by atoms with van der Waals surface area (Å²) in [4.78, 5) is 24.5. The number of unbranched alkanes of at least 4 members (excludes halogenated alkanes) is 43. The number of esters is 1. The van der Waals surface area contributed by atoms with Gasteiger partial charge in [-0.05, 0) is 96.3 Å². The molecule has 3 N–H and O–H groups in total. The van der Waals surface area contributed by atoms with Crippen molar-refractivity contribution in [3.8, 4) is 0 Å². The lowest BCUT2D eigenvalue weighted by Gasteiger charge is -2.20. The lowest BCUT2D eigenvalue weighted by Crippen LogP contribution is -2.45. The van der Waals surface area contributed by atoms with Crippen LogP contribution in [-0.2, 0) is 14.3 Å². The van der Waals surface area contributed by atoms with Gasteiger partial charge >= 0.3 is 5.97 Å². The monoisotopic (exact) mass is 1020 g/mol. The van der Waals surface area contributed by atoms with Crippen LogP contribution in [0.1, 0.15) is 341 Å². The van der Waals surface area contributed by atoms with Gasteiger partial charge in [-0.25, -0.2) is 0 Å². The predicted molar refractivity (Wildman–Crippen MR) is 319 cm³/mol. The maximum Gasteiger partial charge on any atom is 0.305 e. The van der Waals surface area contributed by atoms with Crippen LogP contribution in [0.2, 0.25) is 0 Å². The molecule has 0 radical (unpaired) electrons. The van der Waals surface area contributed by atoms with Crippen LogP contribution in [0.25, 0.3) is 0 Å². The van der Waals surface area contributed by atoms with Crippen LogP contribution < -0.4 is 5.32 Å². The Morgan fingerprint density at radius 2 is 0.685 bits per heavy atom. The molecule has 0 fully saturated rings. The number of ether oxygens (including phenoxy) is 1. The highest BCUT2D eigenvalue weighted by atomic mass is 16.5. The first-order valence-electron chi connectivity index (χ1n) is 32.4. The molecule has 0 aromatic heterocycles. The van der Waals surface area contributed by atoms with Gasteiger partial charge in [-0.2, -0.15) is 0 Å². The van der Waals surface area contributed by atoms with Gasteiger partial charge in [0.1, 0.15) is 0 Å². The summed E-state index contributed by atoms with van der Waals surface area (Å²) >= 11 is 0. The van der Waals surface area contributed by atoms with Crippen molar-refractivity contribution in [3.05, 3.63) is 48.6 Å². The van der Waals surface area contributed by atoms with Crippen molar-refractivity contribution < 1.29 is 24.5 Å². The summed E-state index contributed by atoms with van der Waals surface area (Å²) in [6.45, 7) is 4.86. The fraction of sp³-hybridized carbons (Fsp3) is 0.851. The molecule has 73 heavy (non-hydrogen) atoms. The topological polar surface area (TPSA) is 95.9 Å². The van der Waals surface area contributed by atoms with Crippen LogP contribution in [0.5, 0.6) is 0 Å². The summed E-state index contributed by atoms with van der Waals surface area (Å²) < 4.78 is 5.45. The van der Waals surface area contributed by atoms with Crippen LogP contribution in [0.3, 0.4) is 0 Å². The number of amides is 1. The molecule has 0 aliphatic heterocycles. The molecule has 428 valence electrons. The van der Waals surface area contributed by atoms with E-state index >= 15 is 0 Å². The van der Waals surface area contributed by atoms with E-state index < -0.39 is 12.1 Å². The van der Waals surface area contributed by atoms with Crippen molar-refractivity contribution >= 4 is 11.9 Å². The molecule has 0 saturated carbocycles. The Balaban J connectivity index is 3.52. The molecule has 6 nitrogen and oxygen atoms in total. The fourth-order valence-electron chi connectivity index (χ4n) is 9.84. The largest absolute Gasteiger partial charge is 0.466 e. The van der Waals surface area contributed by atoms with Crippen molar-refractivity contribution in [2.45, 2.75) is 353 Å². The Hall–Kier alpha value is -2.18. The smallest absolute Gasteiger partial charge is 0.305 e. The molecule has 0 aliphatic rings. The second-order valence-corrected chi connectivity index (χ2v) is 22.1. The number of rotatable bonds is 60. The van der Waals surface area contributed by atoms with E-state index in [-0.39, 0.29) is 18.5 Å². The van der Waals surface area contributed by atoms with Crippen molar-refractivity contribution in [2.24, 2.45) is 0 Å². The zero-order chi connectivity index (χ0) is 52.9. The summed E-state index contributed by atoms with van der Waals surface area (Å²) in [5.74, 6) is -0.107. The highest BCUT2D eigenvalue weighted by Crippen LogP contribution is 2.17. The average molecular weight is 1020 g/mol. The van der Waals surface area contributed by atoms with Crippen molar-refractivity contribution in [2.75, 3.05) is 13.2 Å². The van der Waals surface area contributed by atoms with Crippen LogP contribution in [0, 0.1) is 0 Å². The minimum Gasteiger partial charge on any atom is -0.466 e. The Kier molecular flexibility index (Phi) is 60.5. The molecule has 0 heterocycles. The van der Waals surface area contributed by atoms with Crippen molar-refractivity contribution in [3.63, 3.8) is 0 Å². The molecule has 0 rings (SSSR count).